The zero-order chi connectivity index (χ0) is 14.0. The number of benzene rings is 1. The number of halogens is 1. The normalized spacial score (nSPS) is 10.2. The van der Waals surface area contributed by atoms with Crippen LogP contribution in [0, 0.1) is 5.82 Å². The highest BCUT2D eigenvalue weighted by Crippen LogP contribution is 2.17. The molecule has 7 heteroatoms. The molecule has 0 atom stereocenters. The van der Waals surface area contributed by atoms with Crippen LogP contribution in [0.5, 0.6) is 0 Å². The lowest BCUT2D eigenvalue weighted by molar-refractivity contribution is -0.114. The largest absolute Gasteiger partial charge is 0.476 e. The third kappa shape index (κ3) is 2.76. The quantitative estimate of drug-likeness (QED) is 0.882. The van der Waals surface area contributed by atoms with E-state index in [0.29, 0.717) is 5.69 Å². The molecule has 2 rings (SSSR count). The van der Waals surface area contributed by atoms with Gasteiger partial charge in [0, 0.05) is 13.0 Å². The van der Waals surface area contributed by atoms with Crippen LogP contribution < -0.4 is 5.32 Å². The van der Waals surface area contributed by atoms with Gasteiger partial charge >= 0.3 is 5.97 Å². The molecule has 0 aliphatic rings. The predicted molar refractivity (Wildman–Crippen MR) is 64.8 cm³/mol. The average molecular weight is 263 g/mol. The van der Waals surface area contributed by atoms with Crippen molar-refractivity contribution < 1.29 is 19.1 Å². The summed E-state index contributed by atoms with van der Waals surface area (Å²) in [5.74, 6) is -1.79. The van der Waals surface area contributed by atoms with E-state index >= 15 is 0 Å². The molecule has 1 aromatic carbocycles. The first kappa shape index (κ1) is 12.7. The third-order valence-corrected chi connectivity index (χ3v) is 2.30. The van der Waals surface area contributed by atoms with Gasteiger partial charge < -0.3 is 10.4 Å². The van der Waals surface area contributed by atoms with Gasteiger partial charge in [-0.05, 0) is 24.3 Å². The number of aromatic carboxylic acids is 1. The Hall–Kier alpha value is -2.70. The summed E-state index contributed by atoms with van der Waals surface area (Å²) in [5.41, 5.74) is 0.228. The summed E-state index contributed by atoms with van der Waals surface area (Å²) in [6, 6.07) is 6.52. The molecule has 1 heterocycles. The van der Waals surface area contributed by atoms with E-state index in [2.05, 4.69) is 10.4 Å². The highest BCUT2D eigenvalue weighted by atomic mass is 19.1. The van der Waals surface area contributed by atoms with Crippen LogP contribution in [-0.2, 0) is 4.79 Å². The molecule has 19 heavy (non-hydrogen) atoms. The molecule has 98 valence electrons. The lowest BCUT2D eigenvalue weighted by Crippen LogP contribution is -2.11. The fourth-order valence-corrected chi connectivity index (χ4v) is 1.53. The molecule has 0 saturated heterocycles. The van der Waals surface area contributed by atoms with Gasteiger partial charge in [-0.15, -0.1) is 0 Å². The predicted octanol–water partition coefficient (Wildman–Crippen LogP) is 1.67. The first-order valence-electron chi connectivity index (χ1n) is 5.34. The number of amides is 1. The monoisotopic (exact) mass is 263 g/mol. The molecule has 0 radical (unpaired) electrons. The van der Waals surface area contributed by atoms with Crippen molar-refractivity contribution in [2.45, 2.75) is 6.92 Å². The second-order valence-electron chi connectivity index (χ2n) is 3.79. The lowest BCUT2D eigenvalue weighted by Gasteiger charge is -2.06. The van der Waals surface area contributed by atoms with E-state index in [1.54, 1.807) is 0 Å². The molecule has 1 amide bonds. The minimum absolute atomic E-state index is 0.205. The standard InChI is InChI=1S/C12H10FN3O3/c1-7(17)14-11-6-10(12(18)19)15-16(11)9-4-2-8(13)3-5-9/h2-6H,1H3,(H,14,17)(H,18,19). The van der Waals surface area contributed by atoms with E-state index in [-0.39, 0.29) is 17.4 Å². The number of carboxylic acids is 1. The van der Waals surface area contributed by atoms with E-state index in [9.17, 15) is 14.0 Å². The number of carbonyl (C=O) groups is 2. The Morgan fingerprint density at radius 3 is 2.47 bits per heavy atom. The van der Waals surface area contributed by atoms with Crippen LogP contribution >= 0.6 is 0 Å². The van der Waals surface area contributed by atoms with Gasteiger partial charge in [0.2, 0.25) is 5.91 Å². The second-order valence-corrected chi connectivity index (χ2v) is 3.79. The summed E-state index contributed by atoms with van der Waals surface area (Å²) < 4.78 is 14.1. The number of aromatic nitrogens is 2. The fraction of sp³-hybridized carbons (Fsp3) is 0.0833. The van der Waals surface area contributed by atoms with Crippen LogP contribution in [0.2, 0.25) is 0 Å². The van der Waals surface area contributed by atoms with Gasteiger partial charge in [0.15, 0.2) is 5.69 Å². The van der Waals surface area contributed by atoms with Crippen LogP contribution in [0.1, 0.15) is 17.4 Å². The molecule has 0 bridgehead atoms. The van der Waals surface area contributed by atoms with E-state index in [1.165, 1.54) is 41.9 Å². The number of anilines is 1. The Morgan fingerprint density at radius 2 is 1.95 bits per heavy atom. The minimum Gasteiger partial charge on any atom is -0.476 e. The molecular formula is C12H10FN3O3. The summed E-state index contributed by atoms with van der Waals surface area (Å²) in [5, 5.41) is 15.2. The summed E-state index contributed by atoms with van der Waals surface area (Å²) in [7, 11) is 0. The Morgan fingerprint density at radius 1 is 1.32 bits per heavy atom. The summed E-state index contributed by atoms with van der Waals surface area (Å²) in [6.07, 6.45) is 0. The van der Waals surface area contributed by atoms with E-state index in [0.717, 1.165) is 0 Å². The first-order chi connectivity index (χ1) is 8.97. The van der Waals surface area contributed by atoms with Gasteiger partial charge in [0.1, 0.15) is 11.6 Å². The molecule has 1 aromatic heterocycles. The number of hydrogen-bond donors (Lipinski definition) is 2. The van der Waals surface area contributed by atoms with Crippen molar-refractivity contribution in [2.75, 3.05) is 5.32 Å². The van der Waals surface area contributed by atoms with Crippen molar-refractivity contribution in [3.05, 3.63) is 41.8 Å². The van der Waals surface area contributed by atoms with Crippen LogP contribution in [0.15, 0.2) is 30.3 Å². The third-order valence-electron chi connectivity index (χ3n) is 2.30. The SMILES string of the molecule is CC(=O)Nc1cc(C(=O)O)nn1-c1ccc(F)cc1. The number of hydrogen-bond acceptors (Lipinski definition) is 3. The molecule has 2 N–H and O–H groups in total. The van der Waals surface area contributed by atoms with Crippen LogP contribution in [-0.4, -0.2) is 26.8 Å². The van der Waals surface area contributed by atoms with Crippen LogP contribution in [0.3, 0.4) is 0 Å². The fourth-order valence-electron chi connectivity index (χ4n) is 1.53. The highest BCUT2D eigenvalue weighted by Gasteiger charge is 2.15. The number of rotatable bonds is 3. The minimum atomic E-state index is -1.22. The lowest BCUT2D eigenvalue weighted by atomic mass is 10.3. The van der Waals surface area contributed by atoms with Gasteiger partial charge in [0.25, 0.3) is 0 Å². The first-order valence-corrected chi connectivity index (χ1v) is 5.34. The van der Waals surface area contributed by atoms with E-state index in [4.69, 9.17) is 5.11 Å². The second kappa shape index (κ2) is 4.89. The van der Waals surface area contributed by atoms with Crippen molar-refractivity contribution >= 4 is 17.7 Å². The maximum absolute atomic E-state index is 12.9. The van der Waals surface area contributed by atoms with Gasteiger partial charge in [-0.1, -0.05) is 0 Å². The Labute approximate surface area is 107 Å². The van der Waals surface area contributed by atoms with E-state index in [1.807, 2.05) is 0 Å². The summed E-state index contributed by atoms with van der Waals surface area (Å²) in [6.45, 7) is 1.29. The number of nitrogens with one attached hydrogen (secondary N) is 1. The molecule has 0 aliphatic carbocycles. The molecule has 0 unspecified atom stereocenters. The van der Waals surface area contributed by atoms with Gasteiger partial charge in [-0.3, -0.25) is 4.79 Å². The Kier molecular flexibility index (Phi) is 3.28. The maximum atomic E-state index is 12.9. The van der Waals surface area contributed by atoms with Crippen molar-refractivity contribution in [1.82, 2.24) is 9.78 Å². The van der Waals surface area contributed by atoms with Gasteiger partial charge in [-0.2, -0.15) is 5.10 Å². The number of nitrogens with zero attached hydrogens (tertiary/aromatic N) is 2. The van der Waals surface area contributed by atoms with E-state index < -0.39 is 11.8 Å². The Balaban J connectivity index is 2.50. The van der Waals surface area contributed by atoms with Crippen molar-refractivity contribution in [1.29, 1.82) is 0 Å². The maximum Gasteiger partial charge on any atom is 0.356 e. The van der Waals surface area contributed by atoms with Crippen LogP contribution in [0.4, 0.5) is 10.2 Å². The molecule has 6 nitrogen and oxygen atoms in total. The summed E-state index contributed by atoms with van der Waals surface area (Å²) >= 11 is 0. The Bertz CT molecular complexity index is 634. The smallest absolute Gasteiger partial charge is 0.356 e. The molecular weight excluding hydrogens is 253 g/mol. The van der Waals surface area contributed by atoms with Gasteiger partial charge in [0.05, 0.1) is 5.69 Å². The molecule has 0 spiro atoms. The number of carbonyl (C=O) groups excluding carboxylic acids is 1. The highest BCUT2D eigenvalue weighted by molar-refractivity contribution is 5.91. The molecule has 0 saturated carbocycles. The zero-order valence-electron chi connectivity index (χ0n) is 9.92. The van der Waals surface area contributed by atoms with Crippen LogP contribution in [0.25, 0.3) is 5.69 Å². The van der Waals surface area contributed by atoms with Crippen molar-refractivity contribution in [2.24, 2.45) is 0 Å². The van der Waals surface area contributed by atoms with Crippen molar-refractivity contribution in [3.8, 4) is 5.69 Å². The summed E-state index contributed by atoms with van der Waals surface area (Å²) in [4.78, 5) is 22.0. The van der Waals surface area contributed by atoms with Crippen molar-refractivity contribution in [3.63, 3.8) is 0 Å². The van der Waals surface area contributed by atoms with Gasteiger partial charge in [-0.25, -0.2) is 13.9 Å². The molecule has 2 aromatic rings. The topological polar surface area (TPSA) is 84.2 Å². The number of carboxylic acid groups (broad SMARTS) is 1. The molecule has 0 fully saturated rings. The molecule has 0 aliphatic heterocycles. The average Bonchev–Trinajstić information content (AvgIpc) is 2.73. The zero-order valence-corrected chi connectivity index (χ0v) is 9.92.